The van der Waals surface area contributed by atoms with Crippen LogP contribution in [0.15, 0.2) is 115 Å². The number of rotatable bonds is 4. The first-order chi connectivity index (χ1) is 15.5. The van der Waals surface area contributed by atoms with Gasteiger partial charge in [-0.25, -0.2) is 0 Å². The van der Waals surface area contributed by atoms with E-state index in [9.17, 15) is 4.79 Å². The molecule has 3 nitrogen and oxygen atoms in total. The monoisotopic (exact) mass is 501 g/mol. The van der Waals surface area contributed by atoms with Gasteiger partial charge in [-0.3, -0.25) is 4.79 Å². The van der Waals surface area contributed by atoms with Crippen LogP contribution >= 0.6 is 7.92 Å². The molecule has 4 rings (SSSR count). The van der Waals surface area contributed by atoms with Crippen molar-refractivity contribution in [1.82, 2.24) is 0 Å². The maximum absolute atomic E-state index is 9.24. The van der Waals surface area contributed by atoms with Crippen molar-refractivity contribution in [2.45, 2.75) is 13.8 Å². The number of aliphatic carboxylic acids is 1. The zero-order valence-electron chi connectivity index (χ0n) is 18.9. The third kappa shape index (κ3) is 10.1. The Morgan fingerprint density at radius 3 is 1.09 bits per heavy atom. The normalized spacial score (nSPS) is 9.45. The van der Waals surface area contributed by atoms with Gasteiger partial charge in [0.25, 0.3) is 0 Å². The summed E-state index contributed by atoms with van der Waals surface area (Å²) in [7, 11) is -0.446. The summed E-state index contributed by atoms with van der Waals surface area (Å²) in [5, 5.41) is 11.8. The van der Waals surface area contributed by atoms with Crippen molar-refractivity contribution in [2.24, 2.45) is 5.73 Å². The SMILES string of the molecule is Cc1ccccc1C.NCC(=O)O.[Ni].c1ccc(P(c2ccccc2)c2ccccc2)cc1. The Hall–Kier alpha value is -2.77. The molecule has 0 atom stereocenters. The summed E-state index contributed by atoms with van der Waals surface area (Å²) in [6.45, 7) is 3.96. The fourth-order valence-corrected chi connectivity index (χ4v) is 5.15. The smallest absolute Gasteiger partial charge is 0.317 e. The number of carboxylic acids is 1. The Morgan fingerprint density at radius 1 is 0.636 bits per heavy atom. The number of hydrogen-bond donors (Lipinski definition) is 2. The van der Waals surface area contributed by atoms with Crippen LogP contribution in [-0.4, -0.2) is 17.6 Å². The summed E-state index contributed by atoms with van der Waals surface area (Å²) in [6, 6.07) is 40.7. The summed E-state index contributed by atoms with van der Waals surface area (Å²) in [6.07, 6.45) is 0. The van der Waals surface area contributed by atoms with Gasteiger partial charge in [-0.05, 0) is 48.8 Å². The number of aryl methyl sites for hydroxylation is 2. The van der Waals surface area contributed by atoms with E-state index in [0.29, 0.717) is 0 Å². The van der Waals surface area contributed by atoms with Gasteiger partial charge in [0.1, 0.15) is 0 Å². The maximum Gasteiger partial charge on any atom is 0.317 e. The fraction of sp³-hybridized carbons (Fsp3) is 0.107. The zero-order chi connectivity index (χ0) is 23.2. The molecule has 0 spiro atoms. The van der Waals surface area contributed by atoms with Crippen LogP contribution in [0, 0.1) is 13.8 Å². The largest absolute Gasteiger partial charge is 0.480 e. The molecule has 0 bridgehead atoms. The van der Waals surface area contributed by atoms with E-state index in [4.69, 9.17) is 5.11 Å². The van der Waals surface area contributed by atoms with E-state index in [1.165, 1.54) is 27.0 Å². The van der Waals surface area contributed by atoms with Gasteiger partial charge in [-0.15, -0.1) is 0 Å². The first-order valence-corrected chi connectivity index (χ1v) is 11.8. The first kappa shape index (κ1) is 28.3. The van der Waals surface area contributed by atoms with Crippen molar-refractivity contribution in [1.29, 1.82) is 0 Å². The van der Waals surface area contributed by atoms with E-state index in [1.54, 1.807) is 0 Å². The van der Waals surface area contributed by atoms with Crippen molar-refractivity contribution in [3.8, 4) is 0 Å². The van der Waals surface area contributed by atoms with Crippen molar-refractivity contribution in [3.05, 3.63) is 126 Å². The molecule has 0 aliphatic rings. The quantitative estimate of drug-likeness (QED) is 0.312. The van der Waals surface area contributed by atoms with Crippen LogP contribution in [0.4, 0.5) is 0 Å². The number of benzene rings is 4. The minimum Gasteiger partial charge on any atom is -0.480 e. The van der Waals surface area contributed by atoms with Crippen LogP contribution < -0.4 is 21.6 Å². The van der Waals surface area contributed by atoms with Gasteiger partial charge in [0, 0.05) is 16.5 Å². The molecular formula is C28H30NNiO2P. The Kier molecular flexibility index (Phi) is 13.7. The molecule has 0 aliphatic carbocycles. The molecule has 4 aromatic carbocycles. The molecule has 174 valence electrons. The molecule has 0 saturated carbocycles. The third-order valence-corrected chi connectivity index (χ3v) is 7.09. The zero-order valence-corrected chi connectivity index (χ0v) is 20.8. The summed E-state index contributed by atoms with van der Waals surface area (Å²) < 4.78 is 0. The number of nitrogens with two attached hydrogens (primary N) is 1. The second-order valence-corrected chi connectivity index (χ2v) is 9.24. The van der Waals surface area contributed by atoms with E-state index < -0.39 is 13.9 Å². The van der Waals surface area contributed by atoms with Crippen LogP contribution in [0.1, 0.15) is 11.1 Å². The molecule has 33 heavy (non-hydrogen) atoms. The molecule has 0 radical (unpaired) electrons. The second-order valence-electron chi connectivity index (χ2n) is 7.02. The van der Waals surface area contributed by atoms with Gasteiger partial charge in [-0.2, -0.15) is 0 Å². The second kappa shape index (κ2) is 15.9. The molecule has 0 amide bonds. The average molecular weight is 502 g/mol. The van der Waals surface area contributed by atoms with Crippen molar-refractivity contribution in [3.63, 3.8) is 0 Å². The van der Waals surface area contributed by atoms with Gasteiger partial charge in [0.2, 0.25) is 0 Å². The van der Waals surface area contributed by atoms with Gasteiger partial charge in [0.05, 0.1) is 6.54 Å². The molecule has 0 heterocycles. The van der Waals surface area contributed by atoms with Crippen LogP contribution in [0.2, 0.25) is 0 Å². The molecule has 0 unspecified atom stereocenters. The van der Waals surface area contributed by atoms with E-state index in [1.807, 2.05) is 0 Å². The van der Waals surface area contributed by atoms with Crippen molar-refractivity contribution < 1.29 is 26.4 Å². The third-order valence-electron chi connectivity index (χ3n) is 4.64. The van der Waals surface area contributed by atoms with Gasteiger partial charge in [-0.1, -0.05) is 115 Å². The van der Waals surface area contributed by atoms with E-state index in [2.05, 4.69) is 135 Å². The van der Waals surface area contributed by atoms with Crippen LogP contribution in [-0.2, 0) is 21.3 Å². The molecule has 5 heteroatoms. The minimum absolute atomic E-state index is 0. The summed E-state index contributed by atoms with van der Waals surface area (Å²) >= 11 is 0. The Labute approximate surface area is 208 Å². The van der Waals surface area contributed by atoms with Gasteiger partial charge in [0.15, 0.2) is 0 Å². The Bertz CT molecular complexity index is 946. The van der Waals surface area contributed by atoms with E-state index in [-0.39, 0.29) is 23.0 Å². The predicted octanol–water partition coefficient (Wildman–Crippen LogP) is 4.78. The van der Waals surface area contributed by atoms with E-state index >= 15 is 0 Å². The van der Waals surface area contributed by atoms with Gasteiger partial charge < -0.3 is 10.8 Å². The van der Waals surface area contributed by atoms with Crippen LogP contribution in [0.3, 0.4) is 0 Å². The summed E-state index contributed by atoms with van der Waals surface area (Å²) in [4.78, 5) is 9.24. The average Bonchev–Trinajstić information content (AvgIpc) is 2.84. The Morgan fingerprint density at radius 2 is 0.879 bits per heavy atom. The number of hydrogen-bond acceptors (Lipinski definition) is 2. The van der Waals surface area contributed by atoms with Gasteiger partial charge >= 0.3 is 5.97 Å². The first-order valence-electron chi connectivity index (χ1n) is 10.4. The Balaban J connectivity index is 0.000000324. The molecule has 0 aromatic heterocycles. The molecular weight excluding hydrogens is 472 g/mol. The van der Waals surface area contributed by atoms with Crippen molar-refractivity contribution in [2.75, 3.05) is 6.54 Å². The molecule has 0 fully saturated rings. The number of carboxylic acid groups (broad SMARTS) is 1. The van der Waals surface area contributed by atoms with Crippen LogP contribution in [0.5, 0.6) is 0 Å². The molecule has 4 aromatic rings. The number of carbonyl (C=O) groups is 1. The maximum atomic E-state index is 9.24. The standard InChI is InChI=1S/C18H15P.C8H10.C2H5NO2.Ni/c1-4-10-16(11-5-1)19(17-12-6-2-7-13-17)18-14-8-3-9-15-18;1-7-5-3-4-6-8(7)2;3-1-2(4)5;/h1-15H;3-6H,1-2H3;1,3H2,(H,4,5);. The molecule has 3 N–H and O–H groups in total. The molecule has 0 aliphatic heterocycles. The predicted molar refractivity (Wildman–Crippen MR) is 138 cm³/mol. The van der Waals surface area contributed by atoms with Crippen LogP contribution in [0.25, 0.3) is 0 Å². The minimum atomic E-state index is -0.968. The van der Waals surface area contributed by atoms with E-state index in [0.717, 1.165) is 0 Å². The van der Waals surface area contributed by atoms with Crippen molar-refractivity contribution >= 4 is 29.8 Å². The summed E-state index contributed by atoms with van der Waals surface area (Å²) in [5.41, 5.74) is 7.31. The summed E-state index contributed by atoms with van der Waals surface area (Å²) in [5.74, 6) is -0.968. The molecule has 0 saturated heterocycles. The fourth-order valence-electron chi connectivity index (χ4n) is 2.84. The topological polar surface area (TPSA) is 63.3 Å².